The zero-order valence-electron chi connectivity index (χ0n) is 28.3. The first-order valence-corrected chi connectivity index (χ1v) is 16.5. The van der Waals surface area contributed by atoms with Gasteiger partial charge in [0.25, 0.3) is 5.91 Å². The third-order valence-electron chi connectivity index (χ3n) is 7.45. The number of carbonyl (C=O) groups excluding carboxylic acids is 2. The minimum atomic E-state index is -0.265. The molecule has 0 aliphatic carbocycles. The fraction of sp³-hybridized carbons (Fsp3) is 0.237. The molecule has 0 saturated carbocycles. The SMILES string of the molecule is COc1cc(Nc2nc(NCCOCCOCCCC(=O)c3ccccc3)nc(Nc3ccc(O)cc3)n2)ccc1C(=O)NCc1ccccc1. The highest BCUT2D eigenvalue weighted by Gasteiger charge is 2.15. The number of phenolic OH excluding ortho intramolecular Hbond substituents is 1. The molecular formula is C38H41N7O6. The van der Waals surface area contributed by atoms with Crippen LogP contribution in [0.1, 0.15) is 39.1 Å². The van der Waals surface area contributed by atoms with Crippen LogP contribution in [0.25, 0.3) is 0 Å². The summed E-state index contributed by atoms with van der Waals surface area (Å²) in [5.74, 6) is 1.13. The fourth-order valence-electron chi connectivity index (χ4n) is 4.86. The number of hydrogen-bond acceptors (Lipinski definition) is 12. The van der Waals surface area contributed by atoms with Crippen molar-refractivity contribution in [2.45, 2.75) is 19.4 Å². The fourth-order valence-corrected chi connectivity index (χ4v) is 4.86. The average Bonchev–Trinajstić information content (AvgIpc) is 3.16. The quantitative estimate of drug-likeness (QED) is 0.0361. The van der Waals surface area contributed by atoms with Gasteiger partial charge in [-0.1, -0.05) is 60.7 Å². The maximum absolute atomic E-state index is 12.9. The van der Waals surface area contributed by atoms with E-state index in [4.69, 9.17) is 14.2 Å². The average molecular weight is 692 g/mol. The van der Waals surface area contributed by atoms with Gasteiger partial charge in [0.05, 0.1) is 32.5 Å². The third-order valence-corrected chi connectivity index (χ3v) is 7.45. The molecule has 0 spiro atoms. The summed E-state index contributed by atoms with van der Waals surface area (Å²) in [6.45, 7) is 2.46. The first kappa shape index (κ1) is 36.2. The maximum Gasteiger partial charge on any atom is 0.255 e. The van der Waals surface area contributed by atoms with E-state index in [0.717, 1.165) is 5.56 Å². The molecular weight excluding hydrogens is 650 g/mol. The second kappa shape index (κ2) is 19.2. The molecule has 0 saturated heterocycles. The van der Waals surface area contributed by atoms with Crippen LogP contribution >= 0.6 is 0 Å². The highest BCUT2D eigenvalue weighted by atomic mass is 16.5. The van der Waals surface area contributed by atoms with Crippen molar-refractivity contribution in [3.8, 4) is 11.5 Å². The lowest BCUT2D eigenvalue weighted by Gasteiger charge is -2.14. The molecule has 0 aliphatic rings. The van der Waals surface area contributed by atoms with Crippen molar-refractivity contribution < 1.29 is 28.9 Å². The number of aromatic nitrogens is 3. The lowest BCUT2D eigenvalue weighted by atomic mass is 10.1. The zero-order valence-corrected chi connectivity index (χ0v) is 28.3. The van der Waals surface area contributed by atoms with Crippen LogP contribution in [-0.2, 0) is 16.0 Å². The summed E-state index contributed by atoms with van der Waals surface area (Å²) >= 11 is 0. The van der Waals surface area contributed by atoms with Gasteiger partial charge in [-0.15, -0.1) is 0 Å². The highest BCUT2D eigenvalue weighted by Crippen LogP contribution is 2.26. The molecule has 0 aliphatic heterocycles. The molecule has 0 bridgehead atoms. The molecule has 0 radical (unpaired) electrons. The predicted octanol–water partition coefficient (Wildman–Crippen LogP) is 6.11. The van der Waals surface area contributed by atoms with E-state index < -0.39 is 0 Å². The topological polar surface area (TPSA) is 169 Å². The molecule has 0 unspecified atom stereocenters. The second-order valence-electron chi connectivity index (χ2n) is 11.2. The van der Waals surface area contributed by atoms with Crippen LogP contribution < -0.4 is 26.0 Å². The number of carbonyl (C=O) groups is 2. The normalized spacial score (nSPS) is 10.7. The lowest BCUT2D eigenvalue weighted by molar-refractivity contribution is 0.0497. The van der Waals surface area contributed by atoms with Crippen molar-refractivity contribution in [3.05, 3.63) is 120 Å². The Labute approximate surface area is 296 Å². The van der Waals surface area contributed by atoms with E-state index in [2.05, 4.69) is 36.2 Å². The van der Waals surface area contributed by atoms with E-state index in [1.165, 1.54) is 7.11 Å². The molecule has 13 heteroatoms. The molecule has 1 heterocycles. The van der Waals surface area contributed by atoms with Crippen molar-refractivity contribution in [1.82, 2.24) is 20.3 Å². The van der Waals surface area contributed by atoms with Gasteiger partial charge in [-0.3, -0.25) is 9.59 Å². The molecule has 5 N–H and O–H groups in total. The summed E-state index contributed by atoms with van der Waals surface area (Å²) in [5, 5.41) is 22.0. The summed E-state index contributed by atoms with van der Waals surface area (Å²) in [6.07, 6.45) is 1.08. The van der Waals surface area contributed by atoms with Crippen molar-refractivity contribution in [3.63, 3.8) is 0 Å². The minimum absolute atomic E-state index is 0.108. The smallest absolute Gasteiger partial charge is 0.255 e. The number of anilines is 5. The summed E-state index contributed by atoms with van der Waals surface area (Å²) in [6, 6.07) is 30.5. The Bertz CT molecular complexity index is 1840. The van der Waals surface area contributed by atoms with Crippen LogP contribution in [0.5, 0.6) is 11.5 Å². The van der Waals surface area contributed by atoms with Crippen LogP contribution in [0.3, 0.4) is 0 Å². The molecule has 51 heavy (non-hydrogen) atoms. The van der Waals surface area contributed by atoms with Crippen LogP contribution in [0.4, 0.5) is 29.2 Å². The molecule has 264 valence electrons. The van der Waals surface area contributed by atoms with Gasteiger partial charge in [-0.25, -0.2) is 0 Å². The Kier molecular flexibility index (Phi) is 13.7. The molecule has 5 aromatic rings. The van der Waals surface area contributed by atoms with E-state index in [1.807, 2.05) is 60.7 Å². The number of nitrogens with one attached hydrogen (secondary N) is 4. The number of ketones is 1. The van der Waals surface area contributed by atoms with Crippen LogP contribution in [0.15, 0.2) is 103 Å². The molecule has 0 atom stereocenters. The minimum Gasteiger partial charge on any atom is -0.508 e. The monoisotopic (exact) mass is 691 g/mol. The number of methoxy groups -OCH3 is 1. The largest absolute Gasteiger partial charge is 0.508 e. The number of aromatic hydroxyl groups is 1. The number of phenols is 1. The summed E-state index contributed by atoms with van der Waals surface area (Å²) in [5.41, 5.74) is 3.34. The number of rotatable bonds is 20. The number of benzene rings is 4. The molecule has 1 aromatic heterocycles. The van der Waals surface area contributed by atoms with Gasteiger partial charge in [-0.05, 0) is 48.4 Å². The standard InChI is InChI=1S/C38H41N7O6/c1-49-34-25-30(16-19-32(34)35(48)40-26-27-9-4-2-5-10-27)42-38-44-36(43-37(45-38)41-29-14-17-31(46)18-15-29)39-20-22-51-24-23-50-21-8-13-33(47)28-11-6-3-7-12-28/h2-7,9-12,14-19,25,46H,8,13,20-24,26H2,1H3,(H,40,48)(H3,39,41,42,43,44,45). The predicted molar refractivity (Wildman–Crippen MR) is 195 cm³/mol. The second-order valence-corrected chi connectivity index (χ2v) is 11.2. The Morgan fingerprint density at radius 2 is 1.33 bits per heavy atom. The summed E-state index contributed by atoms with van der Waals surface area (Å²) in [7, 11) is 1.50. The van der Waals surface area contributed by atoms with Gasteiger partial charge in [0, 0.05) is 49.1 Å². The molecule has 4 aromatic carbocycles. The molecule has 0 fully saturated rings. The van der Waals surface area contributed by atoms with E-state index in [9.17, 15) is 14.7 Å². The first-order valence-electron chi connectivity index (χ1n) is 16.5. The number of Topliss-reactive ketones (excluding diaryl/α,β-unsaturated/α-hetero) is 1. The van der Waals surface area contributed by atoms with Crippen molar-refractivity contribution >= 4 is 40.9 Å². The summed E-state index contributed by atoms with van der Waals surface area (Å²) in [4.78, 5) is 38.6. The molecule has 1 amide bonds. The van der Waals surface area contributed by atoms with Crippen LogP contribution in [-0.4, -0.2) is 71.8 Å². The molecule has 13 nitrogen and oxygen atoms in total. The van der Waals surface area contributed by atoms with Gasteiger partial charge in [0.1, 0.15) is 11.5 Å². The van der Waals surface area contributed by atoms with E-state index in [-0.39, 0.29) is 29.3 Å². The Morgan fingerprint density at radius 3 is 2.04 bits per heavy atom. The Hall–Kier alpha value is -6.05. The first-order chi connectivity index (χ1) is 25.0. The van der Waals surface area contributed by atoms with Gasteiger partial charge in [-0.2, -0.15) is 15.0 Å². The maximum atomic E-state index is 12.9. The van der Waals surface area contributed by atoms with Crippen molar-refractivity contribution in [2.24, 2.45) is 0 Å². The third kappa shape index (κ3) is 11.8. The highest BCUT2D eigenvalue weighted by molar-refractivity contribution is 5.97. The van der Waals surface area contributed by atoms with Crippen LogP contribution in [0, 0.1) is 0 Å². The number of ether oxygens (including phenoxy) is 3. The van der Waals surface area contributed by atoms with Gasteiger partial charge < -0.3 is 40.6 Å². The number of amides is 1. The van der Waals surface area contributed by atoms with Gasteiger partial charge in [0.15, 0.2) is 5.78 Å². The van der Waals surface area contributed by atoms with Gasteiger partial charge in [0.2, 0.25) is 17.8 Å². The Morgan fingerprint density at radius 1 is 0.706 bits per heavy atom. The van der Waals surface area contributed by atoms with E-state index >= 15 is 0 Å². The Balaban J connectivity index is 1.13. The lowest BCUT2D eigenvalue weighted by Crippen LogP contribution is -2.23. The van der Waals surface area contributed by atoms with E-state index in [0.29, 0.717) is 86.6 Å². The van der Waals surface area contributed by atoms with Crippen molar-refractivity contribution in [1.29, 1.82) is 0 Å². The number of nitrogens with zero attached hydrogens (tertiary/aromatic N) is 3. The molecule has 5 rings (SSSR count). The summed E-state index contributed by atoms with van der Waals surface area (Å²) < 4.78 is 16.8. The number of hydrogen-bond donors (Lipinski definition) is 5. The zero-order chi connectivity index (χ0) is 35.7. The van der Waals surface area contributed by atoms with E-state index in [1.54, 1.807) is 42.5 Å². The van der Waals surface area contributed by atoms with Crippen LogP contribution in [0.2, 0.25) is 0 Å². The van der Waals surface area contributed by atoms with Crippen molar-refractivity contribution in [2.75, 3.05) is 56.0 Å². The van der Waals surface area contributed by atoms with Gasteiger partial charge >= 0.3 is 0 Å².